The minimum Gasteiger partial charge on any atom is -0.338 e. The van der Waals surface area contributed by atoms with Crippen molar-refractivity contribution in [3.63, 3.8) is 0 Å². The van der Waals surface area contributed by atoms with Crippen LogP contribution in [0.2, 0.25) is 0 Å². The number of nitrogens with zero attached hydrogens (tertiary/aromatic N) is 2. The van der Waals surface area contributed by atoms with Crippen molar-refractivity contribution in [1.82, 2.24) is 15.1 Å². The molecule has 5 nitrogen and oxygen atoms in total. The molecular formula is C17H22N4O. The van der Waals surface area contributed by atoms with Gasteiger partial charge in [0.05, 0.1) is 17.5 Å². The van der Waals surface area contributed by atoms with E-state index in [-0.39, 0.29) is 17.4 Å². The second kappa shape index (κ2) is 5.57. The molecule has 0 bridgehead atoms. The van der Waals surface area contributed by atoms with Crippen LogP contribution in [0.1, 0.15) is 30.6 Å². The second-order valence-electron chi connectivity index (χ2n) is 6.64. The second-order valence-corrected chi connectivity index (χ2v) is 6.64. The monoisotopic (exact) mass is 298 g/mol. The smallest absolute Gasteiger partial charge is 0.257 e. The Labute approximate surface area is 130 Å². The van der Waals surface area contributed by atoms with Gasteiger partial charge in [0.1, 0.15) is 0 Å². The Balaban J connectivity index is 1.87. The molecular weight excluding hydrogens is 276 g/mol. The predicted molar refractivity (Wildman–Crippen MR) is 86.3 cm³/mol. The summed E-state index contributed by atoms with van der Waals surface area (Å²) in [4.78, 5) is 14.8. The summed E-state index contributed by atoms with van der Waals surface area (Å²) in [6.45, 7) is 5.60. The molecule has 1 atom stereocenters. The summed E-state index contributed by atoms with van der Waals surface area (Å²) in [5.74, 6) is 0.0209. The SMILES string of the molecule is CC1(C)CN(C(=O)c2cn[nH]c2-c2ccccc2)CCC1N. The Hall–Kier alpha value is -2.14. The van der Waals surface area contributed by atoms with Gasteiger partial charge < -0.3 is 10.6 Å². The van der Waals surface area contributed by atoms with Crippen LogP contribution in [-0.2, 0) is 0 Å². The molecule has 5 heteroatoms. The maximum absolute atomic E-state index is 12.9. The van der Waals surface area contributed by atoms with Gasteiger partial charge in [-0.3, -0.25) is 9.89 Å². The number of hydrogen-bond donors (Lipinski definition) is 2. The summed E-state index contributed by atoms with van der Waals surface area (Å²) < 4.78 is 0. The third-order valence-electron chi connectivity index (χ3n) is 4.53. The molecule has 0 radical (unpaired) electrons. The molecule has 2 aromatic rings. The highest BCUT2D eigenvalue weighted by atomic mass is 16.2. The molecule has 3 N–H and O–H groups in total. The molecule has 1 unspecified atom stereocenters. The van der Waals surface area contributed by atoms with Gasteiger partial charge in [-0.2, -0.15) is 5.10 Å². The molecule has 1 aliphatic heterocycles. The predicted octanol–water partition coefficient (Wildman–Crippen LogP) is 2.28. The number of benzene rings is 1. The Kier molecular flexibility index (Phi) is 3.74. The van der Waals surface area contributed by atoms with E-state index in [9.17, 15) is 4.79 Å². The first-order valence-electron chi connectivity index (χ1n) is 7.63. The number of amides is 1. The van der Waals surface area contributed by atoms with Gasteiger partial charge in [-0.05, 0) is 11.8 Å². The van der Waals surface area contributed by atoms with E-state index < -0.39 is 0 Å². The number of H-pyrrole nitrogens is 1. The van der Waals surface area contributed by atoms with Gasteiger partial charge in [0.2, 0.25) is 0 Å². The molecule has 3 rings (SSSR count). The van der Waals surface area contributed by atoms with Gasteiger partial charge in [-0.25, -0.2) is 0 Å². The molecule has 1 aliphatic rings. The molecule has 1 saturated heterocycles. The maximum atomic E-state index is 12.9. The molecule has 0 aliphatic carbocycles. The zero-order valence-corrected chi connectivity index (χ0v) is 13.0. The number of piperidine rings is 1. The molecule has 1 aromatic heterocycles. The maximum Gasteiger partial charge on any atom is 0.257 e. The largest absolute Gasteiger partial charge is 0.338 e. The van der Waals surface area contributed by atoms with Crippen LogP contribution in [0.3, 0.4) is 0 Å². The topological polar surface area (TPSA) is 75.0 Å². The number of aromatic amines is 1. The van der Waals surface area contributed by atoms with Crippen molar-refractivity contribution in [1.29, 1.82) is 0 Å². The quantitative estimate of drug-likeness (QED) is 0.893. The van der Waals surface area contributed by atoms with Gasteiger partial charge in [0.25, 0.3) is 5.91 Å². The fourth-order valence-corrected chi connectivity index (χ4v) is 2.99. The van der Waals surface area contributed by atoms with E-state index in [0.29, 0.717) is 18.7 Å². The third-order valence-corrected chi connectivity index (χ3v) is 4.53. The Bertz CT molecular complexity index is 662. The number of carbonyl (C=O) groups excluding carboxylic acids is 1. The van der Waals surface area contributed by atoms with Gasteiger partial charge in [0.15, 0.2) is 0 Å². The third kappa shape index (κ3) is 2.64. The molecule has 0 saturated carbocycles. The van der Waals surface area contributed by atoms with E-state index in [1.165, 1.54) is 0 Å². The lowest BCUT2D eigenvalue weighted by atomic mass is 9.79. The summed E-state index contributed by atoms with van der Waals surface area (Å²) in [6, 6.07) is 9.94. The molecule has 116 valence electrons. The summed E-state index contributed by atoms with van der Waals surface area (Å²) >= 11 is 0. The van der Waals surface area contributed by atoms with E-state index in [1.807, 2.05) is 35.2 Å². The molecule has 1 aromatic carbocycles. The van der Waals surface area contributed by atoms with Crippen LogP contribution >= 0.6 is 0 Å². The van der Waals surface area contributed by atoms with Crippen LogP contribution < -0.4 is 5.73 Å². The number of likely N-dealkylation sites (tertiary alicyclic amines) is 1. The number of hydrogen-bond acceptors (Lipinski definition) is 3. The van der Waals surface area contributed by atoms with Crippen molar-refractivity contribution in [3.8, 4) is 11.3 Å². The van der Waals surface area contributed by atoms with Gasteiger partial charge >= 0.3 is 0 Å². The van der Waals surface area contributed by atoms with Crippen LogP contribution in [0.25, 0.3) is 11.3 Å². The highest BCUT2D eigenvalue weighted by Gasteiger charge is 2.36. The highest BCUT2D eigenvalue weighted by Crippen LogP contribution is 2.30. The zero-order chi connectivity index (χ0) is 15.7. The van der Waals surface area contributed by atoms with E-state index in [2.05, 4.69) is 24.0 Å². The van der Waals surface area contributed by atoms with Gasteiger partial charge in [0, 0.05) is 24.7 Å². The van der Waals surface area contributed by atoms with E-state index >= 15 is 0 Å². The fraction of sp³-hybridized carbons (Fsp3) is 0.412. The first kappa shape index (κ1) is 14.8. The number of nitrogens with two attached hydrogens (primary N) is 1. The van der Waals surface area contributed by atoms with Gasteiger partial charge in [-0.1, -0.05) is 44.2 Å². The van der Waals surface area contributed by atoms with Crippen LogP contribution in [-0.4, -0.2) is 40.1 Å². The average Bonchev–Trinajstić information content (AvgIpc) is 2.99. The molecule has 22 heavy (non-hydrogen) atoms. The van der Waals surface area contributed by atoms with Crippen molar-refractivity contribution >= 4 is 5.91 Å². The lowest BCUT2D eigenvalue weighted by Gasteiger charge is -2.42. The highest BCUT2D eigenvalue weighted by molar-refractivity contribution is 5.99. The standard InChI is InChI=1S/C17H22N4O/c1-17(2)11-21(9-8-14(17)18)16(22)13-10-19-20-15(13)12-6-4-3-5-7-12/h3-7,10,14H,8-9,11,18H2,1-2H3,(H,19,20). The summed E-state index contributed by atoms with van der Waals surface area (Å²) in [5, 5.41) is 7.02. The molecule has 0 spiro atoms. The minimum absolute atomic E-state index is 0.0209. The molecule has 2 heterocycles. The van der Waals surface area contributed by atoms with E-state index in [4.69, 9.17) is 5.73 Å². The average molecular weight is 298 g/mol. The Morgan fingerprint density at radius 1 is 1.36 bits per heavy atom. The fourth-order valence-electron chi connectivity index (χ4n) is 2.99. The molecule has 1 amide bonds. The Morgan fingerprint density at radius 3 is 2.77 bits per heavy atom. The van der Waals surface area contributed by atoms with Crippen molar-refractivity contribution in [3.05, 3.63) is 42.1 Å². The van der Waals surface area contributed by atoms with Crippen LogP contribution in [0.5, 0.6) is 0 Å². The van der Waals surface area contributed by atoms with Crippen LogP contribution in [0.4, 0.5) is 0 Å². The summed E-state index contributed by atoms with van der Waals surface area (Å²) in [6.07, 6.45) is 2.45. The van der Waals surface area contributed by atoms with Crippen molar-refractivity contribution in [2.24, 2.45) is 11.1 Å². The summed E-state index contributed by atoms with van der Waals surface area (Å²) in [5.41, 5.74) is 8.46. The lowest BCUT2D eigenvalue weighted by molar-refractivity contribution is 0.0534. The first-order valence-corrected chi connectivity index (χ1v) is 7.63. The normalized spacial score (nSPS) is 20.9. The Morgan fingerprint density at radius 2 is 2.09 bits per heavy atom. The summed E-state index contributed by atoms with van der Waals surface area (Å²) in [7, 11) is 0. The first-order chi connectivity index (χ1) is 10.5. The lowest BCUT2D eigenvalue weighted by Crippen LogP contribution is -2.54. The number of carbonyl (C=O) groups is 1. The van der Waals surface area contributed by atoms with Crippen molar-refractivity contribution < 1.29 is 4.79 Å². The number of nitrogens with one attached hydrogen (secondary N) is 1. The zero-order valence-electron chi connectivity index (χ0n) is 13.0. The van der Waals surface area contributed by atoms with Crippen LogP contribution in [0.15, 0.2) is 36.5 Å². The van der Waals surface area contributed by atoms with E-state index in [1.54, 1.807) is 6.20 Å². The minimum atomic E-state index is -0.0649. The number of rotatable bonds is 2. The molecule has 1 fully saturated rings. The number of aromatic nitrogens is 2. The van der Waals surface area contributed by atoms with Crippen molar-refractivity contribution in [2.75, 3.05) is 13.1 Å². The van der Waals surface area contributed by atoms with Crippen LogP contribution in [0, 0.1) is 5.41 Å². The van der Waals surface area contributed by atoms with Crippen molar-refractivity contribution in [2.45, 2.75) is 26.3 Å². The van der Waals surface area contributed by atoms with Gasteiger partial charge in [-0.15, -0.1) is 0 Å². The van der Waals surface area contributed by atoms with E-state index in [0.717, 1.165) is 17.7 Å².